The topological polar surface area (TPSA) is 41.4 Å². The van der Waals surface area contributed by atoms with E-state index < -0.39 is 0 Å². The summed E-state index contributed by atoms with van der Waals surface area (Å²) in [5.41, 5.74) is 2.97. The highest BCUT2D eigenvalue weighted by atomic mass is 35.5. The molecule has 1 saturated heterocycles. The first-order valence-electron chi connectivity index (χ1n) is 8.83. The summed E-state index contributed by atoms with van der Waals surface area (Å²) >= 11 is 13.9. The molecule has 3 aromatic rings. The Labute approximate surface area is 171 Å². The predicted octanol–water partition coefficient (Wildman–Crippen LogP) is 4.16. The third-order valence-corrected chi connectivity index (χ3v) is 6.70. The summed E-state index contributed by atoms with van der Waals surface area (Å²) in [4.78, 5) is 22.6. The molecule has 0 atom stereocenters. The van der Waals surface area contributed by atoms with Crippen molar-refractivity contribution in [2.45, 2.75) is 20.5 Å². The third kappa shape index (κ3) is 3.59. The summed E-state index contributed by atoms with van der Waals surface area (Å²) in [6.07, 6.45) is 0. The van der Waals surface area contributed by atoms with Gasteiger partial charge in [-0.05, 0) is 49.1 Å². The van der Waals surface area contributed by atoms with Crippen molar-refractivity contribution >= 4 is 50.6 Å². The first-order chi connectivity index (χ1) is 12.9. The van der Waals surface area contributed by atoms with Crippen molar-refractivity contribution in [3.05, 3.63) is 55.9 Å². The zero-order valence-corrected chi connectivity index (χ0v) is 17.5. The van der Waals surface area contributed by atoms with Gasteiger partial charge in [-0.1, -0.05) is 29.3 Å². The lowest BCUT2D eigenvalue weighted by Crippen LogP contribution is -2.47. The summed E-state index contributed by atoms with van der Waals surface area (Å²) in [5.74, 6) is 0. The number of hydrogen-bond donors (Lipinski definition) is 0. The van der Waals surface area contributed by atoms with Crippen LogP contribution in [0.4, 0.5) is 5.69 Å². The Hall–Kier alpha value is -1.60. The average Bonchev–Trinajstić information content (AvgIpc) is 2.94. The van der Waals surface area contributed by atoms with Gasteiger partial charge in [-0.25, -0.2) is 8.94 Å². The maximum absolute atomic E-state index is 12.8. The normalized spacial score (nSPS) is 15.6. The van der Waals surface area contributed by atoms with Gasteiger partial charge >= 0.3 is 0 Å². The van der Waals surface area contributed by atoms with Crippen LogP contribution in [0.3, 0.4) is 0 Å². The number of anilines is 1. The molecule has 142 valence electrons. The van der Waals surface area contributed by atoms with E-state index in [2.05, 4.69) is 14.8 Å². The molecule has 0 amide bonds. The molecule has 1 aliphatic rings. The van der Waals surface area contributed by atoms with Crippen molar-refractivity contribution in [3.8, 4) is 0 Å². The highest BCUT2D eigenvalue weighted by molar-refractivity contribution is 7.13. The number of aromatic nitrogens is 2. The Kier molecular flexibility index (Phi) is 5.16. The van der Waals surface area contributed by atoms with E-state index in [1.54, 1.807) is 6.07 Å². The van der Waals surface area contributed by atoms with Gasteiger partial charge in [-0.2, -0.15) is 0 Å². The molecule has 1 fully saturated rings. The quantitative estimate of drug-likeness (QED) is 0.635. The summed E-state index contributed by atoms with van der Waals surface area (Å²) in [6, 6.07) is 7.69. The molecule has 2 aromatic heterocycles. The molecule has 1 aromatic carbocycles. The van der Waals surface area contributed by atoms with Crippen LogP contribution >= 0.6 is 34.7 Å². The summed E-state index contributed by atoms with van der Waals surface area (Å²) in [6.45, 7) is 7.93. The minimum absolute atomic E-state index is 0.0558. The molecule has 1 aliphatic heterocycles. The van der Waals surface area contributed by atoms with E-state index >= 15 is 0 Å². The van der Waals surface area contributed by atoms with Gasteiger partial charge in [0.2, 0.25) is 0 Å². The molecule has 0 spiro atoms. The van der Waals surface area contributed by atoms with Crippen molar-refractivity contribution in [3.63, 3.8) is 0 Å². The Morgan fingerprint density at radius 2 is 1.89 bits per heavy atom. The second-order valence-electron chi connectivity index (χ2n) is 6.86. The van der Waals surface area contributed by atoms with E-state index in [1.165, 1.54) is 11.5 Å². The first kappa shape index (κ1) is 18.7. The summed E-state index contributed by atoms with van der Waals surface area (Å²) in [7, 11) is 0. The van der Waals surface area contributed by atoms with Crippen LogP contribution in [0.5, 0.6) is 0 Å². The molecule has 0 aliphatic carbocycles. The first-order valence-corrected chi connectivity index (χ1v) is 10.4. The molecule has 3 heterocycles. The standard InChI is InChI=1S/C19H20Cl2N4OS/c1-12-10-13(2)22-18-16(12)19(26)25(27-18)11-23-6-8-24(9-7-23)15-5-3-4-14(20)17(15)21/h3-5,10H,6-9,11H2,1-2H3. The molecule has 5 nitrogen and oxygen atoms in total. The van der Waals surface area contributed by atoms with Gasteiger partial charge in [0.15, 0.2) is 0 Å². The SMILES string of the molecule is Cc1cc(C)c2c(=O)n(CN3CCN(c4cccc(Cl)c4Cl)CC3)sc2n1. The Bertz CT molecular complexity index is 1050. The van der Waals surface area contributed by atoms with Crippen LogP contribution in [0.1, 0.15) is 11.3 Å². The van der Waals surface area contributed by atoms with Crippen molar-refractivity contribution in [2.75, 3.05) is 31.1 Å². The van der Waals surface area contributed by atoms with Crippen molar-refractivity contribution in [1.29, 1.82) is 0 Å². The van der Waals surface area contributed by atoms with Gasteiger partial charge < -0.3 is 4.90 Å². The minimum Gasteiger partial charge on any atom is -0.368 e. The molecular formula is C19H20Cl2N4OS. The van der Waals surface area contributed by atoms with Gasteiger partial charge in [0, 0.05) is 31.9 Å². The monoisotopic (exact) mass is 422 g/mol. The third-order valence-electron chi connectivity index (χ3n) is 4.92. The van der Waals surface area contributed by atoms with Crippen molar-refractivity contribution < 1.29 is 0 Å². The second kappa shape index (κ2) is 7.43. The van der Waals surface area contributed by atoms with Crippen LogP contribution < -0.4 is 10.5 Å². The minimum atomic E-state index is 0.0558. The zero-order valence-electron chi connectivity index (χ0n) is 15.2. The molecule has 27 heavy (non-hydrogen) atoms. The molecule has 4 rings (SSSR count). The second-order valence-corrected chi connectivity index (χ2v) is 8.65. The van der Waals surface area contributed by atoms with Gasteiger partial charge in [-0.3, -0.25) is 9.69 Å². The van der Waals surface area contributed by atoms with Crippen LogP contribution in [0.25, 0.3) is 10.2 Å². The Morgan fingerprint density at radius 3 is 2.63 bits per heavy atom. The van der Waals surface area contributed by atoms with Crippen LogP contribution in [-0.4, -0.2) is 40.0 Å². The van der Waals surface area contributed by atoms with E-state index in [1.807, 2.05) is 36.0 Å². The van der Waals surface area contributed by atoms with E-state index in [-0.39, 0.29) is 5.56 Å². The number of pyridine rings is 1. The van der Waals surface area contributed by atoms with Gasteiger partial charge in [-0.15, -0.1) is 0 Å². The number of aryl methyl sites for hydroxylation is 2. The van der Waals surface area contributed by atoms with Crippen LogP contribution in [0, 0.1) is 13.8 Å². The lowest BCUT2D eigenvalue weighted by molar-refractivity contribution is 0.212. The Balaban J connectivity index is 1.49. The van der Waals surface area contributed by atoms with Crippen LogP contribution in [-0.2, 0) is 6.67 Å². The number of hydrogen-bond acceptors (Lipinski definition) is 5. The number of halogens is 2. The zero-order chi connectivity index (χ0) is 19.1. The maximum Gasteiger partial charge on any atom is 0.271 e. The summed E-state index contributed by atoms with van der Waals surface area (Å²) < 4.78 is 1.81. The lowest BCUT2D eigenvalue weighted by Gasteiger charge is -2.36. The smallest absolute Gasteiger partial charge is 0.271 e. The largest absolute Gasteiger partial charge is 0.368 e. The fourth-order valence-corrected chi connectivity index (χ4v) is 5.08. The average molecular weight is 423 g/mol. The van der Waals surface area contributed by atoms with Crippen molar-refractivity contribution in [1.82, 2.24) is 13.8 Å². The molecule has 0 saturated carbocycles. The van der Waals surface area contributed by atoms with Crippen molar-refractivity contribution in [2.24, 2.45) is 0 Å². The fraction of sp³-hybridized carbons (Fsp3) is 0.368. The number of nitrogens with zero attached hydrogens (tertiary/aromatic N) is 4. The number of rotatable bonds is 3. The Morgan fingerprint density at radius 1 is 1.15 bits per heavy atom. The van der Waals surface area contributed by atoms with Gasteiger partial charge in [0.25, 0.3) is 5.56 Å². The van der Waals surface area contributed by atoms with E-state index in [0.29, 0.717) is 16.7 Å². The van der Waals surface area contributed by atoms with Crippen LogP contribution in [0.15, 0.2) is 29.1 Å². The van der Waals surface area contributed by atoms with E-state index in [4.69, 9.17) is 23.2 Å². The molecule has 0 bridgehead atoms. The molecular weight excluding hydrogens is 403 g/mol. The maximum atomic E-state index is 12.8. The predicted molar refractivity (Wildman–Crippen MR) is 114 cm³/mol. The number of piperazine rings is 1. The van der Waals surface area contributed by atoms with Crippen LogP contribution in [0.2, 0.25) is 10.0 Å². The molecule has 0 unspecified atom stereocenters. The van der Waals surface area contributed by atoms with Gasteiger partial charge in [0.1, 0.15) is 4.83 Å². The highest BCUT2D eigenvalue weighted by Gasteiger charge is 2.21. The lowest BCUT2D eigenvalue weighted by atomic mass is 10.2. The van der Waals surface area contributed by atoms with E-state index in [0.717, 1.165) is 53.3 Å². The molecule has 0 N–H and O–H groups in total. The molecule has 8 heteroatoms. The van der Waals surface area contributed by atoms with E-state index in [9.17, 15) is 4.79 Å². The fourth-order valence-electron chi connectivity index (χ4n) is 3.54. The highest BCUT2D eigenvalue weighted by Crippen LogP contribution is 2.33. The number of benzene rings is 1. The number of fused-ring (bicyclic) bond motifs is 1. The molecule has 0 radical (unpaired) electrons. The summed E-state index contributed by atoms with van der Waals surface area (Å²) in [5, 5.41) is 1.92. The van der Waals surface area contributed by atoms with Gasteiger partial charge in [0.05, 0.1) is 27.8 Å².